The van der Waals surface area contributed by atoms with Gasteiger partial charge < -0.3 is 19.5 Å². The van der Waals surface area contributed by atoms with Crippen LogP contribution in [-0.2, 0) is 9.53 Å². The van der Waals surface area contributed by atoms with Crippen molar-refractivity contribution in [3.63, 3.8) is 0 Å². The smallest absolute Gasteiger partial charge is 0.262 e. The quantitative estimate of drug-likeness (QED) is 0.571. The van der Waals surface area contributed by atoms with E-state index in [2.05, 4.69) is 19.2 Å². The molecule has 1 saturated heterocycles. The summed E-state index contributed by atoms with van der Waals surface area (Å²) in [7, 11) is 1.56. The Morgan fingerprint density at radius 1 is 1.46 bits per heavy atom. The van der Waals surface area contributed by atoms with Crippen LogP contribution in [0, 0.1) is 17.2 Å². The number of ether oxygens (including phenoxy) is 3. The number of hydrogen-bond acceptors (Lipinski definition) is 5. The fourth-order valence-electron chi connectivity index (χ4n) is 2.57. The summed E-state index contributed by atoms with van der Waals surface area (Å²) in [6.45, 7) is 5.87. The number of carbonyl (C=O) groups excluding carboxylic acids is 1. The lowest BCUT2D eigenvalue weighted by molar-refractivity contribution is -0.117. The van der Waals surface area contributed by atoms with E-state index in [1.165, 1.54) is 0 Å². The van der Waals surface area contributed by atoms with Gasteiger partial charge in [-0.05, 0) is 42.5 Å². The molecule has 0 bridgehead atoms. The van der Waals surface area contributed by atoms with E-state index >= 15 is 0 Å². The van der Waals surface area contributed by atoms with Crippen LogP contribution in [0.1, 0.15) is 32.3 Å². The van der Waals surface area contributed by atoms with Gasteiger partial charge in [-0.15, -0.1) is 0 Å². The summed E-state index contributed by atoms with van der Waals surface area (Å²) >= 11 is 0. The summed E-state index contributed by atoms with van der Waals surface area (Å²) in [6, 6.07) is 7.28. The highest BCUT2D eigenvalue weighted by Crippen LogP contribution is 2.29. The summed E-state index contributed by atoms with van der Waals surface area (Å²) in [5, 5.41) is 12.1. The Labute approximate surface area is 154 Å². The monoisotopic (exact) mass is 358 g/mol. The van der Waals surface area contributed by atoms with Crippen LogP contribution in [0.25, 0.3) is 6.08 Å². The number of nitrogens with one attached hydrogen (secondary N) is 1. The van der Waals surface area contributed by atoms with Crippen LogP contribution in [0.5, 0.6) is 11.5 Å². The highest BCUT2D eigenvalue weighted by molar-refractivity contribution is 6.01. The van der Waals surface area contributed by atoms with E-state index in [4.69, 9.17) is 14.2 Å². The molecule has 0 spiro atoms. The van der Waals surface area contributed by atoms with E-state index < -0.39 is 5.91 Å². The van der Waals surface area contributed by atoms with E-state index in [9.17, 15) is 10.1 Å². The fourth-order valence-corrected chi connectivity index (χ4v) is 2.57. The van der Waals surface area contributed by atoms with Gasteiger partial charge in [0.2, 0.25) is 0 Å². The molecule has 26 heavy (non-hydrogen) atoms. The molecule has 1 aliphatic heterocycles. The largest absolute Gasteiger partial charge is 0.493 e. The van der Waals surface area contributed by atoms with Crippen molar-refractivity contribution in [2.75, 3.05) is 26.9 Å². The van der Waals surface area contributed by atoms with E-state index in [1.54, 1.807) is 31.4 Å². The molecule has 0 saturated carbocycles. The van der Waals surface area contributed by atoms with Crippen molar-refractivity contribution in [2.45, 2.75) is 32.8 Å². The molecule has 6 nitrogen and oxygen atoms in total. The summed E-state index contributed by atoms with van der Waals surface area (Å²) in [5.41, 5.74) is 0.739. The van der Waals surface area contributed by atoms with Crippen LogP contribution < -0.4 is 14.8 Å². The first kappa shape index (κ1) is 19.8. The van der Waals surface area contributed by atoms with Gasteiger partial charge >= 0.3 is 0 Å². The zero-order valence-corrected chi connectivity index (χ0v) is 15.6. The third-order valence-corrected chi connectivity index (χ3v) is 3.95. The van der Waals surface area contributed by atoms with Crippen LogP contribution in [-0.4, -0.2) is 38.9 Å². The average molecular weight is 358 g/mol. The van der Waals surface area contributed by atoms with Crippen molar-refractivity contribution < 1.29 is 19.0 Å². The molecule has 0 aliphatic carbocycles. The number of rotatable bonds is 8. The summed E-state index contributed by atoms with van der Waals surface area (Å²) in [5.74, 6) is 1.20. The maximum absolute atomic E-state index is 12.2. The predicted molar refractivity (Wildman–Crippen MR) is 98.9 cm³/mol. The zero-order valence-electron chi connectivity index (χ0n) is 15.6. The molecule has 1 heterocycles. The van der Waals surface area contributed by atoms with E-state index in [0.29, 0.717) is 36.1 Å². The van der Waals surface area contributed by atoms with Gasteiger partial charge in [-0.3, -0.25) is 4.79 Å². The second-order valence-corrected chi connectivity index (χ2v) is 6.63. The molecule has 0 radical (unpaired) electrons. The number of benzene rings is 1. The van der Waals surface area contributed by atoms with Crippen LogP contribution >= 0.6 is 0 Å². The van der Waals surface area contributed by atoms with Crippen LogP contribution in [0.4, 0.5) is 0 Å². The lowest BCUT2D eigenvalue weighted by Gasteiger charge is -2.13. The van der Waals surface area contributed by atoms with Gasteiger partial charge in [0.1, 0.15) is 11.6 Å². The Hall–Kier alpha value is -2.52. The average Bonchev–Trinajstić information content (AvgIpc) is 3.16. The van der Waals surface area contributed by atoms with Crippen LogP contribution in [0.2, 0.25) is 0 Å². The maximum atomic E-state index is 12.2. The first-order chi connectivity index (χ1) is 12.5. The minimum absolute atomic E-state index is 0.0383. The second-order valence-electron chi connectivity index (χ2n) is 6.63. The molecule has 1 aromatic carbocycles. The molecule has 1 amide bonds. The highest BCUT2D eigenvalue weighted by atomic mass is 16.5. The summed E-state index contributed by atoms with van der Waals surface area (Å²) < 4.78 is 16.5. The number of nitriles is 1. The number of carbonyl (C=O) groups is 1. The molecule has 1 fully saturated rings. The topological polar surface area (TPSA) is 80.6 Å². The number of methoxy groups -OCH3 is 1. The minimum Gasteiger partial charge on any atom is -0.493 e. The zero-order chi connectivity index (χ0) is 18.9. The molecule has 1 aromatic rings. The first-order valence-corrected chi connectivity index (χ1v) is 8.86. The van der Waals surface area contributed by atoms with E-state index in [1.807, 2.05) is 6.07 Å². The Morgan fingerprint density at radius 3 is 2.88 bits per heavy atom. The van der Waals surface area contributed by atoms with E-state index in [-0.39, 0.29) is 11.7 Å². The molecule has 1 atom stereocenters. The molecular weight excluding hydrogens is 332 g/mol. The Balaban J connectivity index is 2.06. The van der Waals surface area contributed by atoms with Gasteiger partial charge in [-0.1, -0.05) is 19.9 Å². The summed E-state index contributed by atoms with van der Waals surface area (Å²) in [4.78, 5) is 12.2. The third kappa shape index (κ3) is 5.78. The van der Waals surface area contributed by atoms with Gasteiger partial charge in [0.05, 0.1) is 19.8 Å². The van der Waals surface area contributed by atoms with Crippen molar-refractivity contribution in [1.82, 2.24) is 5.32 Å². The molecule has 0 aromatic heterocycles. The third-order valence-electron chi connectivity index (χ3n) is 3.95. The van der Waals surface area contributed by atoms with Gasteiger partial charge in [-0.2, -0.15) is 5.26 Å². The molecule has 140 valence electrons. The fraction of sp³-hybridized carbons (Fsp3) is 0.500. The van der Waals surface area contributed by atoms with Gasteiger partial charge in [-0.25, -0.2) is 0 Å². The number of nitrogens with zero attached hydrogens (tertiary/aromatic N) is 1. The number of amides is 1. The lowest BCUT2D eigenvalue weighted by Crippen LogP contribution is -2.32. The Kier molecular flexibility index (Phi) is 7.49. The predicted octanol–water partition coefficient (Wildman–Crippen LogP) is 2.93. The van der Waals surface area contributed by atoms with Crippen LogP contribution in [0.3, 0.4) is 0 Å². The van der Waals surface area contributed by atoms with Crippen LogP contribution in [0.15, 0.2) is 23.8 Å². The molecule has 1 N–H and O–H groups in total. The van der Waals surface area contributed by atoms with Crippen molar-refractivity contribution >= 4 is 12.0 Å². The van der Waals surface area contributed by atoms with Crippen molar-refractivity contribution in [3.8, 4) is 17.6 Å². The lowest BCUT2D eigenvalue weighted by atomic mass is 10.1. The summed E-state index contributed by atoms with van der Waals surface area (Å²) in [6.07, 6.45) is 3.52. The molecule has 1 aliphatic rings. The molecular formula is C20H26N2O4. The Morgan fingerprint density at radius 2 is 2.27 bits per heavy atom. The van der Waals surface area contributed by atoms with Gasteiger partial charge in [0.25, 0.3) is 5.91 Å². The molecule has 2 rings (SSSR count). The van der Waals surface area contributed by atoms with Crippen molar-refractivity contribution in [3.05, 3.63) is 29.3 Å². The van der Waals surface area contributed by atoms with Crippen molar-refractivity contribution in [2.24, 2.45) is 5.92 Å². The van der Waals surface area contributed by atoms with Gasteiger partial charge in [0.15, 0.2) is 11.5 Å². The normalized spacial score (nSPS) is 17.0. The standard InChI is InChI=1S/C20H26N2O4/c1-14(2)13-26-18-7-6-15(10-19(18)24-3)9-16(11-21)20(23)22-12-17-5-4-8-25-17/h6-7,9-10,14,17H,4-5,8,12-13H2,1-3H3,(H,22,23)/b16-9+/t17-/m0/s1. The first-order valence-electron chi connectivity index (χ1n) is 8.86. The highest BCUT2D eigenvalue weighted by Gasteiger charge is 2.17. The van der Waals surface area contributed by atoms with Crippen molar-refractivity contribution in [1.29, 1.82) is 5.26 Å². The second kappa shape index (κ2) is 9.83. The number of hydrogen-bond donors (Lipinski definition) is 1. The molecule has 6 heteroatoms. The maximum Gasteiger partial charge on any atom is 0.262 e. The van der Waals surface area contributed by atoms with E-state index in [0.717, 1.165) is 19.4 Å². The van der Waals surface area contributed by atoms with Gasteiger partial charge in [0, 0.05) is 13.2 Å². The SMILES string of the molecule is COc1cc(/C=C(\C#N)C(=O)NC[C@@H]2CCCO2)ccc1OCC(C)C. The molecule has 0 unspecified atom stereocenters. The Bertz CT molecular complexity index is 686. The minimum atomic E-state index is -0.401.